The fourth-order valence-electron chi connectivity index (χ4n) is 1.52. The van der Waals surface area contributed by atoms with E-state index in [1.54, 1.807) is 31.2 Å². The van der Waals surface area contributed by atoms with Gasteiger partial charge in [-0.05, 0) is 31.5 Å². The van der Waals surface area contributed by atoms with E-state index in [4.69, 9.17) is 10.5 Å². The van der Waals surface area contributed by atoms with Crippen molar-refractivity contribution in [1.29, 1.82) is 0 Å². The summed E-state index contributed by atoms with van der Waals surface area (Å²) in [5, 5.41) is 0. The van der Waals surface area contributed by atoms with Gasteiger partial charge in [0.15, 0.2) is 0 Å². The molecule has 1 aromatic carbocycles. The lowest BCUT2D eigenvalue weighted by Crippen LogP contribution is -2.31. The molecule has 0 heterocycles. The van der Waals surface area contributed by atoms with Gasteiger partial charge in [-0.15, -0.1) is 0 Å². The van der Waals surface area contributed by atoms with Crippen LogP contribution < -0.4 is 10.5 Å². The molecule has 0 spiro atoms. The molecule has 0 aromatic heterocycles. The Bertz CT molecular complexity index is 398. The lowest BCUT2D eigenvalue weighted by atomic mass is 10.0. The number of carbonyl (C=O) groups excluding carboxylic acids is 1. The number of ether oxygens (including phenoxy) is 2. The van der Waals surface area contributed by atoms with Gasteiger partial charge in [-0.3, -0.25) is 0 Å². The van der Waals surface area contributed by atoms with Crippen LogP contribution in [0.5, 0.6) is 5.75 Å². The molecule has 0 saturated heterocycles. The van der Waals surface area contributed by atoms with Crippen LogP contribution in [0, 0.1) is 0 Å². The number of halogens is 1. The van der Waals surface area contributed by atoms with Crippen LogP contribution in [0.2, 0.25) is 0 Å². The maximum Gasteiger partial charge on any atom is 0.342 e. The molecule has 2 N–H and O–H groups in total. The van der Waals surface area contributed by atoms with E-state index in [0.717, 1.165) is 0 Å². The fourth-order valence-corrected chi connectivity index (χ4v) is 1.52. The molecular formula is C13H18FNO3. The smallest absolute Gasteiger partial charge is 0.342 e. The molecule has 5 heteroatoms. The van der Waals surface area contributed by atoms with E-state index in [-0.39, 0.29) is 6.61 Å². The van der Waals surface area contributed by atoms with Gasteiger partial charge in [0.2, 0.25) is 6.17 Å². The van der Waals surface area contributed by atoms with Crippen molar-refractivity contribution >= 4 is 5.97 Å². The molecule has 0 aliphatic carbocycles. The van der Waals surface area contributed by atoms with Crippen LogP contribution in [0.15, 0.2) is 24.3 Å². The highest BCUT2D eigenvalue weighted by atomic mass is 19.1. The maximum absolute atomic E-state index is 13.7. The van der Waals surface area contributed by atoms with Gasteiger partial charge in [-0.25, -0.2) is 9.18 Å². The minimum atomic E-state index is -1.87. The summed E-state index contributed by atoms with van der Waals surface area (Å²) in [6.07, 6.45) is -1.87. The van der Waals surface area contributed by atoms with Crippen molar-refractivity contribution in [2.75, 3.05) is 13.2 Å². The van der Waals surface area contributed by atoms with Gasteiger partial charge >= 0.3 is 5.97 Å². The highest BCUT2D eigenvalue weighted by Crippen LogP contribution is 2.22. The molecule has 0 aliphatic heterocycles. The van der Waals surface area contributed by atoms with Crippen molar-refractivity contribution in [3.05, 3.63) is 29.8 Å². The average Bonchev–Trinajstić information content (AvgIpc) is 2.38. The SMILES string of the molecule is CCOC(=O)C(F)[C@@H](N)c1cccc(OCC)c1. The summed E-state index contributed by atoms with van der Waals surface area (Å²) in [5.74, 6) is -0.340. The zero-order valence-electron chi connectivity index (χ0n) is 10.6. The van der Waals surface area contributed by atoms with Crippen LogP contribution in [0.3, 0.4) is 0 Å². The monoisotopic (exact) mass is 255 g/mol. The highest BCUT2D eigenvalue weighted by Gasteiger charge is 2.27. The van der Waals surface area contributed by atoms with E-state index in [0.29, 0.717) is 17.9 Å². The Kier molecular flexibility index (Phi) is 5.58. The van der Waals surface area contributed by atoms with E-state index >= 15 is 0 Å². The Morgan fingerprint density at radius 1 is 1.39 bits per heavy atom. The largest absolute Gasteiger partial charge is 0.494 e. The Morgan fingerprint density at radius 3 is 2.72 bits per heavy atom. The van der Waals surface area contributed by atoms with Gasteiger partial charge < -0.3 is 15.2 Å². The van der Waals surface area contributed by atoms with E-state index < -0.39 is 18.2 Å². The minimum Gasteiger partial charge on any atom is -0.494 e. The van der Waals surface area contributed by atoms with Gasteiger partial charge in [-0.2, -0.15) is 0 Å². The number of esters is 1. The lowest BCUT2D eigenvalue weighted by molar-refractivity contribution is -0.149. The molecule has 0 saturated carbocycles. The van der Waals surface area contributed by atoms with Crippen LogP contribution in [-0.4, -0.2) is 25.4 Å². The van der Waals surface area contributed by atoms with E-state index in [9.17, 15) is 9.18 Å². The number of nitrogens with two attached hydrogens (primary N) is 1. The summed E-state index contributed by atoms with van der Waals surface area (Å²) in [6, 6.07) is 5.68. The van der Waals surface area contributed by atoms with Crippen molar-refractivity contribution in [2.45, 2.75) is 26.1 Å². The predicted molar refractivity (Wildman–Crippen MR) is 66.1 cm³/mol. The van der Waals surface area contributed by atoms with Gasteiger partial charge in [0.1, 0.15) is 5.75 Å². The van der Waals surface area contributed by atoms with Gasteiger partial charge in [0, 0.05) is 0 Å². The third-order valence-corrected chi connectivity index (χ3v) is 2.38. The molecule has 2 atom stereocenters. The summed E-state index contributed by atoms with van der Waals surface area (Å²) in [5.41, 5.74) is 6.20. The molecule has 1 rings (SSSR count). The standard InChI is InChI=1S/C13H18FNO3/c1-3-17-10-7-5-6-9(8-10)12(15)11(14)13(16)18-4-2/h5-8,11-12H,3-4,15H2,1-2H3/t11?,12-/m0/s1. The van der Waals surface area contributed by atoms with Crippen molar-refractivity contribution in [2.24, 2.45) is 5.73 Å². The summed E-state index contributed by atoms with van der Waals surface area (Å²) in [4.78, 5) is 11.3. The summed E-state index contributed by atoms with van der Waals surface area (Å²) in [6.45, 7) is 4.11. The zero-order valence-corrected chi connectivity index (χ0v) is 10.6. The van der Waals surface area contributed by atoms with Crippen LogP contribution in [0.4, 0.5) is 4.39 Å². The molecule has 4 nitrogen and oxygen atoms in total. The van der Waals surface area contributed by atoms with Crippen molar-refractivity contribution < 1.29 is 18.7 Å². The second-order valence-electron chi connectivity index (χ2n) is 3.69. The van der Waals surface area contributed by atoms with Crippen molar-refractivity contribution in [3.8, 4) is 5.75 Å². The number of hydrogen-bond donors (Lipinski definition) is 1. The molecule has 1 unspecified atom stereocenters. The summed E-state index contributed by atoms with van der Waals surface area (Å²) >= 11 is 0. The number of benzene rings is 1. The van der Waals surface area contributed by atoms with Gasteiger partial charge in [0.05, 0.1) is 19.3 Å². The lowest BCUT2D eigenvalue weighted by Gasteiger charge is -2.16. The van der Waals surface area contributed by atoms with Crippen LogP contribution in [-0.2, 0) is 9.53 Å². The number of carbonyl (C=O) groups is 1. The summed E-state index contributed by atoms with van der Waals surface area (Å²) in [7, 11) is 0. The molecular weight excluding hydrogens is 237 g/mol. The molecule has 18 heavy (non-hydrogen) atoms. The first-order valence-corrected chi connectivity index (χ1v) is 5.89. The molecule has 100 valence electrons. The average molecular weight is 255 g/mol. The Morgan fingerprint density at radius 2 is 2.11 bits per heavy atom. The third-order valence-electron chi connectivity index (χ3n) is 2.38. The van der Waals surface area contributed by atoms with E-state index in [1.165, 1.54) is 0 Å². The third kappa shape index (κ3) is 3.70. The normalized spacial score (nSPS) is 13.8. The van der Waals surface area contributed by atoms with E-state index in [2.05, 4.69) is 4.74 Å². The molecule has 0 radical (unpaired) electrons. The second-order valence-corrected chi connectivity index (χ2v) is 3.69. The van der Waals surface area contributed by atoms with E-state index in [1.807, 2.05) is 6.92 Å². The first kappa shape index (κ1) is 14.4. The first-order valence-electron chi connectivity index (χ1n) is 5.89. The van der Waals surface area contributed by atoms with Crippen LogP contribution in [0.1, 0.15) is 25.5 Å². The van der Waals surface area contributed by atoms with Crippen molar-refractivity contribution in [1.82, 2.24) is 0 Å². The summed E-state index contributed by atoms with van der Waals surface area (Å²) < 4.78 is 23.6. The first-order chi connectivity index (χ1) is 8.60. The second kappa shape index (κ2) is 6.96. The number of rotatable bonds is 6. The molecule has 0 bridgehead atoms. The predicted octanol–water partition coefficient (Wildman–Crippen LogP) is 1.99. The molecule has 1 aromatic rings. The Balaban J connectivity index is 2.79. The van der Waals surface area contributed by atoms with Crippen molar-refractivity contribution in [3.63, 3.8) is 0 Å². The van der Waals surface area contributed by atoms with Gasteiger partial charge in [-0.1, -0.05) is 12.1 Å². The molecule has 0 aliphatic rings. The molecule has 0 fully saturated rings. The quantitative estimate of drug-likeness (QED) is 0.790. The minimum absolute atomic E-state index is 0.130. The zero-order chi connectivity index (χ0) is 13.5. The maximum atomic E-state index is 13.7. The highest BCUT2D eigenvalue weighted by molar-refractivity contribution is 5.75. The van der Waals surface area contributed by atoms with Crippen LogP contribution in [0.25, 0.3) is 0 Å². The van der Waals surface area contributed by atoms with Crippen LogP contribution >= 0.6 is 0 Å². The molecule has 0 amide bonds. The Labute approximate surface area is 106 Å². The number of hydrogen-bond acceptors (Lipinski definition) is 4. The van der Waals surface area contributed by atoms with Gasteiger partial charge in [0.25, 0.3) is 0 Å². The number of alkyl halides is 1. The topological polar surface area (TPSA) is 61.5 Å². The fraction of sp³-hybridized carbons (Fsp3) is 0.462. The Hall–Kier alpha value is -1.62.